The zero-order valence-electron chi connectivity index (χ0n) is 11.3. The summed E-state index contributed by atoms with van der Waals surface area (Å²) in [6, 6.07) is 20.0. The van der Waals surface area contributed by atoms with Gasteiger partial charge in [0.1, 0.15) is 0 Å². The molecular formula is C18H17NO. The van der Waals surface area contributed by atoms with Crippen molar-refractivity contribution in [3.05, 3.63) is 82.6 Å². The van der Waals surface area contributed by atoms with Crippen molar-refractivity contribution >= 4 is 10.9 Å². The zero-order valence-corrected chi connectivity index (χ0v) is 11.3. The zero-order chi connectivity index (χ0) is 13.8. The molecule has 2 heteroatoms. The largest absolute Gasteiger partial charge is 0.347 e. The van der Waals surface area contributed by atoms with Crippen molar-refractivity contribution in [2.24, 2.45) is 0 Å². The number of pyridine rings is 1. The first kappa shape index (κ1) is 12.7. The van der Waals surface area contributed by atoms with Crippen molar-refractivity contribution in [1.82, 2.24) is 4.57 Å². The van der Waals surface area contributed by atoms with Gasteiger partial charge in [-0.1, -0.05) is 42.5 Å². The highest BCUT2D eigenvalue weighted by Gasteiger charge is 2.01. The average Bonchev–Trinajstić information content (AvgIpc) is 2.51. The molecule has 0 amide bonds. The molecule has 20 heavy (non-hydrogen) atoms. The second-order valence-corrected chi connectivity index (χ2v) is 4.98. The molecule has 2 aromatic carbocycles. The Labute approximate surface area is 118 Å². The molecule has 0 saturated heterocycles. The highest BCUT2D eigenvalue weighted by molar-refractivity contribution is 5.78. The Morgan fingerprint density at radius 1 is 0.850 bits per heavy atom. The van der Waals surface area contributed by atoms with Crippen molar-refractivity contribution in [2.45, 2.75) is 19.4 Å². The minimum atomic E-state index is 0.0971. The maximum Gasteiger partial charge on any atom is 0.189 e. The lowest BCUT2D eigenvalue weighted by Gasteiger charge is -2.10. The number of nitrogens with zero attached hydrogens (tertiary/aromatic N) is 1. The number of fused-ring (bicyclic) bond motifs is 1. The van der Waals surface area contributed by atoms with E-state index in [-0.39, 0.29) is 5.43 Å². The van der Waals surface area contributed by atoms with Crippen LogP contribution in [-0.4, -0.2) is 4.57 Å². The standard InChI is InChI=1S/C18H17NO/c20-18-12-14-19(17-11-5-4-10-16(17)18)13-6-9-15-7-2-1-3-8-15/h1-5,7-8,10-12,14H,6,9,13H2. The number of rotatable bonds is 4. The fourth-order valence-corrected chi connectivity index (χ4v) is 2.55. The molecule has 0 spiro atoms. The molecule has 0 unspecified atom stereocenters. The van der Waals surface area contributed by atoms with Gasteiger partial charge in [-0.3, -0.25) is 4.79 Å². The smallest absolute Gasteiger partial charge is 0.189 e. The lowest BCUT2D eigenvalue weighted by molar-refractivity contribution is 0.657. The van der Waals surface area contributed by atoms with Gasteiger partial charge in [0.25, 0.3) is 0 Å². The third-order valence-corrected chi connectivity index (χ3v) is 3.59. The van der Waals surface area contributed by atoms with Crippen LogP contribution in [0.3, 0.4) is 0 Å². The van der Waals surface area contributed by atoms with Gasteiger partial charge in [-0.25, -0.2) is 0 Å². The molecule has 0 N–H and O–H groups in total. The predicted octanol–water partition coefficient (Wildman–Crippen LogP) is 3.63. The summed E-state index contributed by atoms with van der Waals surface area (Å²) < 4.78 is 2.17. The van der Waals surface area contributed by atoms with Crippen molar-refractivity contribution in [3.8, 4) is 0 Å². The molecule has 3 rings (SSSR count). The number of para-hydroxylation sites is 1. The maximum atomic E-state index is 11.8. The third kappa shape index (κ3) is 2.64. The van der Waals surface area contributed by atoms with E-state index in [1.807, 2.05) is 36.5 Å². The molecule has 0 aliphatic carbocycles. The van der Waals surface area contributed by atoms with Crippen LogP contribution in [0.15, 0.2) is 71.7 Å². The molecule has 1 heterocycles. The molecule has 0 fully saturated rings. The van der Waals surface area contributed by atoms with Gasteiger partial charge >= 0.3 is 0 Å². The predicted molar refractivity (Wildman–Crippen MR) is 83.0 cm³/mol. The van der Waals surface area contributed by atoms with Gasteiger partial charge < -0.3 is 4.57 Å². The molecule has 2 nitrogen and oxygen atoms in total. The van der Waals surface area contributed by atoms with E-state index >= 15 is 0 Å². The Balaban J connectivity index is 1.78. The van der Waals surface area contributed by atoms with Crippen molar-refractivity contribution in [1.29, 1.82) is 0 Å². The number of aryl methyl sites for hydroxylation is 2. The van der Waals surface area contributed by atoms with E-state index in [0.717, 1.165) is 30.3 Å². The van der Waals surface area contributed by atoms with Crippen LogP contribution >= 0.6 is 0 Å². The maximum absolute atomic E-state index is 11.8. The Kier molecular flexibility index (Phi) is 3.64. The molecular weight excluding hydrogens is 246 g/mol. The summed E-state index contributed by atoms with van der Waals surface area (Å²) in [4.78, 5) is 11.8. The summed E-state index contributed by atoms with van der Waals surface area (Å²) in [7, 11) is 0. The van der Waals surface area contributed by atoms with Gasteiger partial charge in [-0.2, -0.15) is 0 Å². The van der Waals surface area contributed by atoms with Crippen molar-refractivity contribution < 1.29 is 0 Å². The third-order valence-electron chi connectivity index (χ3n) is 3.59. The Hall–Kier alpha value is -2.35. The highest BCUT2D eigenvalue weighted by atomic mass is 16.1. The second kappa shape index (κ2) is 5.74. The summed E-state index contributed by atoms with van der Waals surface area (Å²) in [5.41, 5.74) is 2.48. The van der Waals surface area contributed by atoms with E-state index in [0.29, 0.717) is 0 Å². The quantitative estimate of drug-likeness (QED) is 0.704. The van der Waals surface area contributed by atoms with E-state index in [1.54, 1.807) is 6.07 Å². The van der Waals surface area contributed by atoms with Crippen LogP contribution in [0.2, 0.25) is 0 Å². The first-order valence-electron chi connectivity index (χ1n) is 6.97. The van der Waals surface area contributed by atoms with E-state index in [4.69, 9.17) is 0 Å². The normalized spacial score (nSPS) is 10.8. The number of benzene rings is 2. The SMILES string of the molecule is O=c1ccn(CCCc2ccccc2)c2ccccc12. The van der Waals surface area contributed by atoms with Gasteiger partial charge in [0.15, 0.2) is 5.43 Å². The Bertz CT molecular complexity index is 759. The molecule has 1 aromatic heterocycles. The van der Waals surface area contributed by atoms with E-state index in [1.165, 1.54) is 5.56 Å². The average molecular weight is 263 g/mol. The molecule has 0 saturated carbocycles. The lowest BCUT2D eigenvalue weighted by Crippen LogP contribution is -2.08. The molecule has 100 valence electrons. The highest BCUT2D eigenvalue weighted by Crippen LogP contribution is 2.11. The summed E-state index contributed by atoms with van der Waals surface area (Å²) in [6.45, 7) is 0.926. The molecule has 0 atom stereocenters. The van der Waals surface area contributed by atoms with Crippen molar-refractivity contribution in [3.63, 3.8) is 0 Å². The fraction of sp³-hybridized carbons (Fsp3) is 0.167. The molecule has 0 radical (unpaired) electrons. The first-order chi connectivity index (χ1) is 9.84. The van der Waals surface area contributed by atoms with Crippen LogP contribution in [-0.2, 0) is 13.0 Å². The Morgan fingerprint density at radius 3 is 2.45 bits per heavy atom. The monoisotopic (exact) mass is 263 g/mol. The van der Waals surface area contributed by atoms with Crippen LogP contribution in [0.4, 0.5) is 0 Å². The van der Waals surface area contributed by atoms with Crippen LogP contribution in [0.25, 0.3) is 10.9 Å². The summed E-state index contributed by atoms with van der Waals surface area (Å²) >= 11 is 0. The molecule has 0 aliphatic heterocycles. The van der Waals surface area contributed by atoms with Crippen LogP contribution in [0.5, 0.6) is 0 Å². The number of hydrogen-bond acceptors (Lipinski definition) is 1. The van der Waals surface area contributed by atoms with Gasteiger partial charge in [0, 0.05) is 24.2 Å². The fourth-order valence-electron chi connectivity index (χ4n) is 2.55. The number of hydrogen-bond donors (Lipinski definition) is 0. The van der Waals surface area contributed by atoms with Crippen LogP contribution in [0.1, 0.15) is 12.0 Å². The summed E-state index contributed by atoms with van der Waals surface area (Å²) in [5.74, 6) is 0. The van der Waals surface area contributed by atoms with E-state index in [9.17, 15) is 4.79 Å². The Morgan fingerprint density at radius 2 is 1.60 bits per heavy atom. The summed E-state index contributed by atoms with van der Waals surface area (Å²) in [6.07, 6.45) is 4.02. The van der Waals surface area contributed by atoms with E-state index < -0.39 is 0 Å². The van der Waals surface area contributed by atoms with Gasteiger partial charge in [0.2, 0.25) is 0 Å². The van der Waals surface area contributed by atoms with Crippen LogP contribution in [0, 0.1) is 0 Å². The minimum Gasteiger partial charge on any atom is -0.347 e. The van der Waals surface area contributed by atoms with Gasteiger partial charge in [-0.15, -0.1) is 0 Å². The second-order valence-electron chi connectivity index (χ2n) is 4.98. The molecule has 0 aliphatic rings. The molecule has 3 aromatic rings. The minimum absolute atomic E-state index is 0.0971. The van der Waals surface area contributed by atoms with Crippen molar-refractivity contribution in [2.75, 3.05) is 0 Å². The van der Waals surface area contributed by atoms with Gasteiger partial charge in [-0.05, 0) is 30.5 Å². The lowest BCUT2D eigenvalue weighted by atomic mass is 10.1. The topological polar surface area (TPSA) is 22.0 Å². The van der Waals surface area contributed by atoms with Gasteiger partial charge in [0.05, 0.1) is 5.52 Å². The van der Waals surface area contributed by atoms with Crippen LogP contribution < -0.4 is 5.43 Å². The van der Waals surface area contributed by atoms with E-state index in [2.05, 4.69) is 28.8 Å². The molecule has 0 bridgehead atoms. The number of aromatic nitrogens is 1. The first-order valence-corrected chi connectivity index (χ1v) is 6.97. The summed E-state index contributed by atoms with van der Waals surface area (Å²) in [5, 5.41) is 0.801.